The van der Waals surface area contributed by atoms with Crippen LogP contribution in [0.2, 0.25) is 0 Å². The zero-order valence-electron chi connectivity index (χ0n) is 11.4. The van der Waals surface area contributed by atoms with E-state index in [0.717, 1.165) is 50.9 Å². The van der Waals surface area contributed by atoms with Gasteiger partial charge in [0.25, 0.3) is 0 Å². The van der Waals surface area contributed by atoms with Crippen molar-refractivity contribution >= 4 is 5.78 Å². The number of Topliss-reactive ketones (excluding diaryl/α,β-unsaturated/α-hetero) is 1. The Morgan fingerprint density at radius 3 is 2.94 bits per heavy atom. The lowest BCUT2D eigenvalue weighted by Crippen LogP contribution is -2.45. The number of nitrogens with one attached hydrogen (secondary N) is 1. The van der Waals surface area contributed by atoms with E-state index < -0.39 is 0 Å². The molecule has 0 aromatic carbocycles. The van der Waals surface area contributed by atoms with Gasteiger partial charge in [0.15, 0.2) is 5.78 Å². The highest BCUT2D eigenvalue weighted by atomic mass is 16.1. The van der Waals surface area contributed by atoms with Crippen LogP contribution >= 0.6 is 0 Å². The van der Waals surface area contributed by atoms with E-state index in [1.165, 1.54) is 0 Å². The fraction of sp³-hybridized carbons (Fsp3) is 0.714. The first kappa shape index (κ1) is 13.3. The predicted octanol–water partition coefficient (Wildman–Crippen LogP) is 2.26. The Labute approximate surface area is 109 Å². The molecule has 2 rings (SSSR count). The molecule has 4 heteroatoms. The molecule has 2 heterocycles. The Hall–Kier alpha value is -1.16. The fourth-order valence-electron chi connectivity index (χ4n) is 2.93. The van der Waals surface area contributed by atoms with E-state index in [0.29, 0.717) is 0 Å². The summed E-state index contributed by atoms with van der Waals surface area (Å²) in [5.41, 5.74) is 0.572. The summed E-state index contributed by atoms with van der Waals surface area (Å²) < 4.78 is 1.82. The summed E-state index contributed by atoms with van der Waals surface area (Å²) in [5, 5.41) is 7.60. The molecule has 4 nitrogen and oxygen atoms in total. The Balaban J connectivity index is 2.21. The van der Waals surface area contributed by atoms with E-state index >= 15 is 0 Å². The van der Waals surface area contributed by atoms with E-state index in [4.69, 9.17) is 0 Å². The van der Waals surface area contributed by atoms with Crippen molar-refractivity contribution < 1.29 is 4.79 Å². The molecule has 0 bridgehead atoms. The highest BCUT2D eigenvalue weighted by molar-refractivity contribution is 6.00. The molecule has 0 saturated carbocycles. The molecular weight excluding hydrogens is 226 g/mol. The molecule has 1 fully saturated rings. The van der Waals surface area contributed by atoms with Crippen LogP contribution in [0.3, 0.4) is 0 Å². The molecule has 0 aliphatic carbocycles. The SMILES string of the molecule is CCCC1(C(=O)c2cnn(CC)c2)CCCNC1. The molecule has 100 valence electrons. The molecule has 0 spiro atoms. The number of piperidine rings is 1. The Morgan fingerprint density at radius 1 is 1.56 bits per heavy atom. The van der Waals surface area contributed by atoms with Gasteiger partial charge < -0.3 is 5.32 Å². The number of hydrogen-bond acceptors (Lipinski definition) is 3. The highest BCUT2D eigenvalue weighted by Crippen LogP contribution is 2.35. The topological polar surface area (TPSA) is 46.9 Å². The third kappa shape index (κ3) is 2.48. The van der Waals surface area contributed by atoms with Crippen molar-refractivity contribution in [3.8, 4) is 0 Å². The zero-order chi connectivity index (χ0) is 13.0. The molecule has 18 heavy (non-hydrogen) atoms. The fourth-order valence-corrected chi connectivity index (χ4v) is 2.93. The number of rotatable bonds is 5. The number of carbonyl (C=O) groups excluding carboxylic acids is 1. The summed E-state index contributed by atoms with van der Waals surface area (Å²) in [6, 6.07) is 0. The maximum absolute atomic E-state index is 12.7. The van der Waals surface area contributed by atoms with E-state index in [9.17, 15) is 4.79 Å². The minimum absolute atomic E-state index is 0.200. The van der Waals surface area contributed by atoms with Crippen molar-refractivity contribution in [1.29, 1.82) is 0 Å². The molecule has 1 N–H and O–H groups in total. The van der Waals surface area contributed by atoms with Gasteiger partial charge in [-0.3, -0.25) is 9.48 Å². The summed E-state index contributed by atoms with van der Waals surface area (Å²) >= 11 is 0. The lowest BCUT2D eigenvalue weighted by molar-refractivity contribution is 0.0718. The smallest absolute Gasteiger partial charge is 0.173 e. The normalized spacial score (nSPS) is 24.1. The van der Waals surface area contributed by atoms with Crippen molar-refractivity contribution in [2.75, 3.05) is 13.1 Å². The molecule has 1 aliphatic heterocycles. The first-order chi connectivity index (χ1) is 8.72. The summed E-state index contributed by atoms with van der Waals surface area (Å²) in [7, 11) is 0. The van der Waals surface area contributed by atoms with E-state index in [1.54, 1.807) is 6.20 Å². The minimum atomic E-state index is -0.200. The van der Waals surface area contributed by atoms with Crippen molar-refractivity contribution in [2.24, 2.45) is 5.41 Å². The second-order valence-corrected chi connectivity index (χ2v) is 5.22. The summed E-state index contributed by atoms with van der Waals surface area (Å²) in [4.78, 5) is 12.7. The molecule has 1 saturated heterocycles. The molecule has 1 aromatic heterocycles. The van der Waals surface area contributed by atoms with Gasteiger partial charge in [-0.1, -0.05) is 13.3 Å². The molecular formula is C14H23N3O. The number of nitrogens with zero attached hydrogens (tertiary/aromatic N) is 2. The lowest BCUT2D eigenvalue weighted by atomic mass is 9.72. The summed E-state index contributed by atoms with van der Waals surface area (Å²) in [6.07, 6.45) is 7.72. The van der Waals surface area contributed by atoms with Gasteiger partial charge in [-0.15, -0.1) is 0 Å². The third-order valence-electron chi connectivity index (χ3n) is 3.90. The second-order valence-electron chi connectivity index (χ2n) is 5.22. The maximum Gasteiger partial charge on any atom is 0.173 e. The van der Waals surface area contributed by atoms with Gasteiger partial charge in [-0.25, -0.2) is 0 Å². The van der Waals surface area contributed by atoms with Gasteiger partial charge >= 0.3 is 0 Å². The van der Waals surface area contributed by atoms with Crippen LogP contribution in [0.25, 0.3) is 0 Å². The van der Waals surface area contributed by atoms with Crippen LogP contribution in [0.15, 0.2) is 12.4 Å². The molecule has 0 amide bonds. The Bertz CT molecular complexity index is 399. The van der Waals surface area contributed by atoms with Gasteiger partial charge in [0.05, 0.1) is 11.8 Å². The van der Waals surface area contributed by atoms with Crippen LogP contribution in [0, 0.1) is 5.41 Å². The van der Waals surface area contributed by atoms with Gasteiger partial charge in [0, 0.05) is 24.7 Å². The molecule has 1 aromatic rings. The van der Waals surface area contributed by atoms with Crippen LogP contribution in [0.4, 0.5) is 0 Å². The van der Waals surface area contributed by atoms with E-state index in [-0.39, 0.29) is 11.2 Å². The first-order valence-electron chi connectivity index (χ1n) is 7.00. The number of ketones is 1. The first-order valence-corrected chi connectivity index (χ1v) is 7.00. The standard InChI is InChI=1S/C14H23N3O/c1-3-6-14(7-5-8-15-11-14)13(18)12-9-16-17(4-2)10-12/h9-10,15H,3-8,11H2,1-2H3. The Morgan fingerprint density at radius 2 is 2.39 bits per heavy atom. The second kappa shape index (κ2) is 5.65. The van der Waals surface area contributed by atoms with Crippen LogP contribution in [-0.4, -0.2) is 28.7 Å². The monoisotopic (exact) mass is 249 g/mol. The van der Waals surface area contributed by atoms with E-state index in [1.807, 2.05) is 17.8 Å². The van der Waals surface area contributed by atoms with Gasteiger partial charge in [0.1, 0.15) is 0 Å². The quantitative estimate of drug-likeness (QED) is 0.814. The average Bonchev–Trinajstić information content (AvgIpc) is 2.88. The van der Waals surface area contributed by atoms with Crippen molar-refractivity contribution in [3.05, 3.63) is 18.0 Å². The molecule has 1 atom stereocenters. The summed E-state index contributed by atoms with van der Waals surface area (Å²) in [5.74, 6) is 0.274. The highest BCUT2D eigenvalue weighted by Gasteiger charge is 2.39. The average molecular weight is 249 g/mol. The number of aryl methyl sites for hydroxylation is 1. The van der Waals surface area contributed by atoms with Crippen LogP contribution < -0.4 is 5.32 Å². The lowest BCUT2D eigenvalue weighted by Gasteiger charge is -2.36. The maximum atomic E-state index is 12.7. The minimum Gasteiger partial charge on any atom is -0.316 e. The molecule has 0 radical (unpaired) electrons. The third-order valence-corrected chi connectivity index (χ3v) is 3.90. The van der Waals surface area contributed by atoms with Crippen LogP contribution in [0.1, 0.15) is 49.9 Å². The van der Waals surface area contributed by atoms with Crippen LogP contribution in [-0.2, 0) is 6.54 Å². The predicted molar refractivity (Wildman–Crippen MR) is 71.7 cm³/mol. The number of hydrogen-bond donors (Lipinski definition) is 1. The van der Waals surface area contributed by atoms with Gasteiger partial charge in [-0.2, -0.15) is 5.10 Å². The zero-order valence-corrected chi connectivity index (χ0v) is 11.4. The van der Waals surface area contributed by atoms with E-state index in [2.05, 4.69) is 17.3 Å². The van der Waals surface area contributed by atoms with Crippen molar-refractivity contribution in [3.63, 3.8) is 0 Å². The number of aromatic nitrogens is 2. The van der Waals surface area contributed by atoms with Gasteiger partial charge in [0.2, 0.25) is 0 Å². The van der Waals surface area contributed by atoms with Gasteiger partial charge in [-0.05, 0) is 32.7 Å². The molecule has 1 unspecified atom stereocenters. The largest absolute Gasteiger partial charge is 0.316 e. The number of carbonyl (C=O) groups is 1. The molecule has 1 aliphatic rings. The van der Waals surface area contributed by atoms with Crippen molar-refractivity contribution in [1.82, 2.24) is 15.1 Å². The van der Waals surface area contributed by atoms with Crippen molar-refractivity contribution in [2.45, 2.75) is 46.1 Å². The Kier molecular flexibility index (Phi) is 4.17. The summed E-state index contributed by atoms with van der Waals surface area (Å²) in [6.45, 7) is 6.85. The van der Waals surface area contributed by atoms with Crippen LogP contribution in [0.5, 0.6) is 0 Å².